The van der Waals surface area contributed by atoms with Gasteiger partial charge in [-0.1, -0.05) is 13.3 Å². The number of ether oxygens (including phenoxy) is 1. The van der Waals surface area contributed by atoms with E-state index in [9.17, 15) is 0 Å². The van der Waals surface area contributed by atoms with Crippen LogP contribution < -0.4 is 10.6 Å². The third-order valence-corrected chi connectivity index (χ3v) is 3.79. The lowest BCUT2D eigenvalue weighted by molar-refractivity contribution is 0.123. The Morgan fingerprint density at radius 1 is 1.17 bits per heavy atom. The molecule has 1 saturated carbocycles. The molecule has 0 radical (unpaired) electrons. The zero-order valence-corrected chi connectivity index (χ0v) is 17.6. The van der Waals surface area contributed by atoms with Crippen LogP contribution in [-0.2, 0) is 4.74 Å². The highest BCUT2D eigenvalue weighted by molar-refractivity contribution is 14.0. The van der Waals surface area contributed by atoms with Crippen molar-refractivity contribution in [3.05, 3.63) is 0 Å². The van der Waals surface area contributed by atoms with E-state index in [0.717, 1.165) is 57.7 Å². The van der Waals surface area contributed by atoms with E-state index in [1.165, 1.54) is 32.2 Å². The Kier molecular flexibility index (Phi) is 15.4. The van der Waals surface area contributed by atoms with Gasteiger partial charge < -0.3 is 20.3 Å². The van der Waals surface area contributed by atoms with Crippen molar-refractivity contribution in [2.45, 2.75) is 46.0 Å². The molecule has 0 aromatic rings. The number of likely N-dealkylation sites (N-methyl/N-ethyl adjacent to an activating group) is 1. The molecule has 1 aliphatic carbocycles. The second-order valence-electron chi connectivity index (χ2n) is 6.22. The lowest BCUT2D eigenvalue weighted by atomic mass is 10.3. The average molecular weight is 440 g/mol. The van der Waals surface area contributed by atoms with Crippen LogP contribution >= 0.6 is 24.0 Å². The molecule has 0 heterocycles. The van der Waals surface area contributed by atoms with E-state index in [4.69, 9.17) is 4.74 Å². The monoisotopic (exact) mass is 440 g/mol. The molecule has 0 aliphatic heterocycles. The Hall–Kier alpha value is -0.0800. The number of halogens is 1. The van der Waals surface area contributed by atoms with E-state index in [1.807, 2.05) is 0 Å². The van der Waals surface area contributed by atoms with Crippen molar-refractivity contribution in [3.63, 3.8) is 0 Å². The lowest BCUT2D eigenvalue weighted by Gasteiger charge is -2.17. The number of aliphatic imine (C=N–C) groups is 1. The normalized spacial score (nSPS) is 14.7. The second kappa shape index (κ2) is 15.4. The van der Waals surface area contributed by atoms with Gasteiger partial charge in [0.1, 0.15) is 0 Å². The van der Waals surface area contributed by atoms with Crippen molar-refractivity contribution >= 4 is 29.9 Å². The smallest absolute Gasteiger partial charge is 0.191 e. The van der Waals surface area contributed by atoms with Crippen molar-refractivity contribution in [1.82, 2.24) is 15.5 Å². The fraction of sp³-hybridized carbons (Fsp3) is 0.941. The van der Waals surface area contributed by atoms with Gasteiger partial charge in [0.25, 0.3) is 0 Å². The first-order valence-electron chi connectivity index (χ1n) is 9.04. The predicted molar refractivity (Wildman–Crippen MR) is 110 cm³/mol. The fourth-order valence-electron chi connectivity index (χ4n) is 2.14. The maximum Gasteiger partial charge on any atom is 0.191 e. The highest BCUT2D eigenvalue weighted by Crippen LogP contribution is 2.28. The molecule has 0 atom stereocenters. The maximum absolute atomic E-state index is 5.63. The van der Waals surface area contributed by atoms with E-state index in [2.05, 4.69) is 41.4 Å². The standard InChI is InChI=1S/C17H36N4O.HI/c1-4-6-12-21(3)13-11-20-17(18-5-2)19-10-7-14-22-15-16-8-9-16;/h16H,4-15H2,1-3H3,(H2,18,19,20);1H. The SMILES string of the molecule is CCCCN(C)CCNC(=NCCCOCC1CC1)NCC.I. The van der Waals surface area contributed by atoms with Crippen LogP contribution in [0.15, 0.2) is 4.99 Å². The summed E-state index contributed by atoms with van der Waals surface area (Å²) in [6, 6.07) is 0. The minimum Gasteiger partial charge on any atom is -0.381 e. The summed E-state index contributed by atoms with van der Waals surface area (Å²) in [6.45, 7) is 11.0. The Bertz CT molecular complexity index is 298. The summed E-state index contributed by atoms with van der Waals surface area (Å²) in [7, 11) is 2.18. The topological polar surface area (TPSA) is 48.9 Å². The van der Waals surface area contributed by atoms with Gasteiger partial charge in [-0.2, -0.15) is 0 Å². The minimum atomic E-state index is 0. The van der Waals surface area contributed by atoms with E-state index in [-0.39, 0.29) is 24.0 Å². The van der Waals surface area contributed by atoms with Crippen LogP contribution in [0.5, 0.6) is 0 Å². The summed E-state index contributed by atoms with van der Waals surface area (Å²) < 4.78 is 5.63. The Balaban J connectivity index is 0.00000484. The summed E-state index contributed by atoms with van der Waals surface area (Å²) in [5, 5.41) is 6.70. The van der Waals surface area contributed by atoms with E-state index in [1.54, 1.807) is 0 Å². The highest BCUT2D eigenvalue weighted by atomic mass is 127. The summed E-state index contributed by atoms with van der Waals surface area (Å²) in [5.74, 6) is 1.78. The third-order valence-electron chi connectivity index (χ3n) is 3.79. The molecule has 2 N–H and O–H groups in total. The Morgan fingerprint density at radius 2 is 1.96 bits per heavy atom. The number of unbranched alkanes of at least 4 members (excludes halogenated alkanes) is 1. The molecular weight excluding hydrogens is 403 g/mol. The molecule has 138 valence electrons. The van der Waals surface area contributed by atoms with Crippen LogP contribution in [0.1, 0.15) is 46.0 Å². The van der Waals surface area contributed by atoms with E-state index >= 15 is 0 Å². The molecule has 5 nitrogen and oxygen atoms in total. The summed E-state index contributed by atoms with van der Waals surface area (Å²) >= 11 is 0. The number of nitrogens with one attached hydrogen (secondary N) is 2. The Labute approximate surface area is 160 Å². The van der Waals surface area contributed by atoms with Crippen molar-refractivity contribution in [1.29, 1.82) is 0 Å². The minimum absolute atomic E-state index is 0. The van der Waals surface area contributed by atoms with Crippen LogP contribution in [0.2, 0.25) is 0 Å². The summed E-state index contributed by atoms with van der Waals surface area (Å²) in [5.41, 5.74) is 0. The number of guanidine groups is 1. The quantitative estimate of drug-likeness (QED) is 0.200. The van der Waals surface area contributed by atoms with Gasteiger partial charge in [0.05, 0.1) is 0 Å². The number of rotatable bonds is 13. The molecule has 0 spiro atoms. The van der Waals surface area contributed by atoms with E-state index < -0.39 is 0 Å². The molecule has 0 amide bonds. The van der Waals surface area contributed by atoms with Crippen molar-refractivity contribution in [2.24, 2.45) is 10.9 Å². The highest BCUT2D eigenvalue weighted by Gasteiger charge is 2.20. The van der Waals surface area contributed by atoms with Gasteiger partial charge in [0.2, 0.25) is 0 Å². The molecule has 0 aromatic heterocycles. The largest absolute Gasteiger partial charge is 0.381 e. The van der Waals surface area contributed by atoms with Crippen LogP contribution in [0.4, 0.5) is 0 Å². The Morgan fingerprint density at radius 3 is 2.61 bits per heavy atom. The molecule has 0 bridgehead atoms. The van der Waals surface area contributed by atoms with Crippen LogP contribution in [0.3, 0.4) is 0 Å². The number of hydrogen-bond donors (Lipinski definition) is 2. The van der Waals surface area contributed by atoms with Gasteiger partial charge in [-0.25, -0.2) is 0 Å². The van der Waals surface area contributed by atoms with Gasteiger partial charge >= 0.3 is 0 Å². The number of nitrogens with zero attached hydrogens (tertiary/aromatic N) is 2. The third kappa shape index (κ3) is 14.0. The predicted octanol–water partition coefficient (Wildman–Crippen LogP) is 2.71. The second-order valence-corrected chi connectivity index (χ2v) is 6.22. The average Bonchev–Trinajstić information content (AvgIpc) is 3.32. The van der Waals surface area contributed by atoms with Gasteiger partial charge in [-0.05, 0) is 52.1 Å². The molecule has 0 aromatic carbocycles. The summed E-state index contributed by atoms with van der Waals surface area (Å²) in [4.78, 5) is 6.97. The first-order valence-corrected chi connectivity index (χ1v) is 9.04. The zero-order valence-electron chi connectivity index (χ0n) is 15.3. The molecule has 6 heteroatoms. The molecule has 1 rings (SSSR count). The molecule has 1 fully saturated rings. The molecule has 1 aliphatic rings. The molecular formula is C17H37IN4O. The molecule has 0 saturated heterocycles. The zero-order chi connectivity index (χ0) is 16.0. The van der Waals surface area contributed by atoms with Crippen molar-refractivity contribution in [2.75, 3.05) is 53.0 Å². The lowest BCUT2D eigenvalue weighted by Crippen LogP contribution is -2.41. The molecule has 0 unspecified atom stereocenters. The number of hydrogen-bond acceptors (Lipinski definition) is 3. The van der Waals surface area contributed by atoms with Crippen LogP contribution in [0.25, 0.3) is 0 Å². The van der Waals surface area contributed by atoms with E-state index in [0.29, 0.717) is 0 Å². The van der Waals surface area contributed by atoms with Crippen molar-refractivity contribution < 1.29 is 4.74 Å². The van der Waals surface area contributed by atoms with Crippen LogP contribution in [-0.4, -0.2) is 63.8 Å². The van der Waals surface area contributed by atoms with Gasteiger partial charge in [0.15, 0.2) is 5.96 Å². The van der Waals surface area contributed by atoms with Crippen LogP contribution in [0, 0.1) is 5.92 Å². The molecule has 23 heavy (non-hydrogen) atoms. The van der Waals surface area contributed by atoms with Crippen molar-refractivity contribution in [3.8, 4) is 0 Å². The van der Waals surface area contributed by atoms with Gasteiger partial charge in [0, 0.05) is 39.4 Å². The first-order chi connectivity index (χ1) is 10.8. The first kappa shape index (κ1) is 22.9. The van der Waals surface area contributed by atoms with Gasteiger partial charge in [-0.15, -0.1) is 24.0 Å². The van der Waals surface area contributed by atoms with Gasteiger partial charge in [-0.3, -0.25) is 4.99 Å². The fourth-order valence-corrected chi connectivity index (χ4v) is 2.14. The summed E-state index contributed by atoms with van der Waals surface area (Å²) in [6.07, 6.45) is 6.24. The maximum atomic E-state index is 5.63.